The van der Waals surface area contributed by atoms with Gasteiger partial charge in [0.25, 0.3) is 0 Å². The minimum absolute atomic E-state index is 0.206. The first-order chi connectivity index (χ1) is 6.93. The molecule has 0 N–H and O–H groups in total. The Bertz CT molecular complexity index is 267. The van der Waals surface area contributed by atoms with E-state index < -0.39 is 9.84 Å². The predicted molar refractivity (Wildman–Crippen MR) is 66.8 cm³/mol. The molecule has 0 bridgehead atoms. The van der Waals surface area contributed by atoms with Gasteiger partial charge in [-0.05, 0) is 38.5 Å². The number of hydrogen-bond acceptors (Lipinski definition) is 2. The Morgan fingerprint density at radius 2 is 1.93 bits per heavy atom. The maximum atomic E-state index is 11.5. The fourth-order valence-corrected chi connectivity index (χ4v) is 2.83. The molecule has 0 fully saturated rings. The molecule has 0 aromatic heterocycles. The molecule has 0 spiro atoms. The van der Waals surface area contributed by atoms with E-state index in [0.29, 0.717) is 5.92 Å². The summed E-state index contributed by atoms with van der Waals surface area (Å²) in [5, 5.41) is -0.206. The second kappa shape index (κ2) is 7.04. The van der Waals surface area contributed by atoms with Crippen molar-refractivity contribution in [2.45, 2.75) is 51.2 Å². The molecule has 0 aliphatic carbocycles. The number of allylic oxidation sites excluding steroid dienone is 1. The summed E-state index contributed by atoms with van der Waals surface area (Å²) >= 11 is 0. The van der Waals surface area contributed by atoms with Crippen LogP contribution in [0.25, 0.3) is 0 Å². The van der Waals surface area contributed by atoms with E-state index in [1.165, 1.54) is 6.26 Å². The van der Waals surface area contributed by atoms with Crippen LogP contribution in [0, 0.1) is 5.92 Å². The van der Waals surface area contributed by atoms with Crippen LogP contribution in [0.15, 0.2) is 12.7 Å². The van der Waals surface area contributed by atoms with Crippen molar-refractivity contribution in [2.75, 3.05) is 6.26 Å². The fourth-order valence-electron chi connectivity index (χ4n) is 1.86. The van der Waals surface area contributed by atoms with Crippen molar-refractivity contribution in [1.29, 1.82) is 0 Å². The Hall–Kier alpha value is -0.310. The van der Waals surface area contributed by atoms with Crippen molar-refractivity contribution in [2.24, 2.45) is 5.92 Å². The molecule has 0 amide bonds. The highest BCUT2D eigenvalue weighted by Crippen LogP contribution is 2.23. The van der Waals surface area contributed by atoms with Crippen LogP contribution >= 0.6 is 0 Å². The fraction of sp³-hybridized carbons (Fsp3) is 0.833. The van der Waals surface area contributed by atoms with Gasteiger partial charge in [-0.1, -0.05) is 19.4 Å². The molecule has 0 rings (SSSR count). The summed E-state index contributed by atoms with van der Waals surface area (Å²) in [4.78, 5) is 0. The molecular weight excluding hydrogens is 208 g/mol. The third-order valence-corrected chi connectivity index (χ3v) is 4.72. The van der Waals surface area contributed by atoms with E-state index in [2.05, 4.69) is 13.5 Å². The topological polar surface area (TPSA) is 34.1 Å². The molecule has 90 valence electrons. The second-order valence-electron chi connectivity index (χ2n) is 4.30. The minimum atomic E-state index is -2.89. The van der Waals surface area contributed by atoms with Crippen LogP contribution < -0.4 is 0 Å². The van der Waals surface area contributed by atoms with Crippen LogP contribution in [-0.4, -0.2) is 19.9 Å². The van der Waals surface area contributed by atoms with Gasteiger partial charge < -0.3 is 0 Å². The lowest BCUT2D eigenvalue weighted by atomic mass is 9.94. The zero-order chi connectivity index (χ0) is 11.9. The van der Waals surface area contributed by atoms with Crippen molar-refractivity contribution in [3.63, 3.8) is 0 Å². The molecule has 2 unspecified atom stereocenters. The lowest BCUT2D eigenvalue weighted by Gasteiger charge is -2.21. The van der Waals surface area contributed by atoms with Crippen molar-refractivity contribution in [3.8, 4) is 0 Å². The molecule has 0 saturated heterocycles. The summed E-state index contributed by atoms with van der Waals surface area (Å²) < 4.78 is 22.9. The van der Waals surface area contributed by atoms with E-state index in [-0.39, 0.29) is 5.25 Å². The molecular formula is C12H24O2S. The van der Waals surface area contributed by atoms with Gasteiger partial charge in [-0.15, -0.1) is 6.58 Å². The van der Waals surface area contributed by atoms with E-state index in [0.717, 1.165) is 32.1 Å². The van der Waals surface area contributed by atoms with Gasteiger partial charge in [-0.25, -0.2) is 8.42 Å². The average Bonchev–Trinajstić information content (AvgIpc) is 2.14. The normalized spacial score (nSPS) is 15.9. The summed E-state index contributed by atoms with van der Waals surface area (Å²) in [6, 6.07) is 0. The molecule has 0 aliphatic heterocycles. The van der Waals surface area contributed by atoms with Crippen LogP contribution in [0.2, 0.25) is 0 Å². The van der Waals surface area contributed by atoms with Gasteiger partial charge >= 0.3 is 0 Å². The van der Waals surface area contributed by atoms with E-state index in [9.17, 15) is 8.42 Å². The van der Waals surface area contributed by atoms with Crippen LogP contribution in [0.5, 0.6) is 0 Å². The highest BCUT2D eigenvalue weighted by atomic mass is 32.2. The molecule has 0 aromatic carbocycles. The van der Waals surface area contributed by atoms with Crippen LogP contribution in [0.1, 0.15) is 46.0 Å². The standard InChI is InChI=1S/C12H24O2S/c1-5-7-8-10-12(9-6-2)11(3)15(4,13)14/h5,11-12H,1,6-10H2,2-4H3. The zero-order valence-electron chi connectivity index (χ0n) is 10.2. The molecule has 0 heterocycles. The molecule has 3 heteroatoms. The highest BCUT2D eigenvalue weighted by Gasteiger charge is 2.24. The largest absolute Gasteiger partial charge is 0.229 e. The maximum absolute atomic E-state index is 11.5. The van der Waals surface area contributed by atoms with Crippen molar-refractivity contribution in [1.82, 2.24) is 0 Å². The zero-order valence-corrected chi connectivity index (χ0v) is 11.0. The van der Waals surface area contributed by atoms with Gasteiger partial charge in [0.15, 0.2) is 0 Å². The van der Waals surface area contributed by atoms with Gasteiger partial charge in [-0.3, -0.25) is 0 Å². The summed E-state index contributed by atoms with van der Waals surface area (Å²) in [7, 11) is -2.89. The van der Waals surface area contributed by atoms with Gasteiger partial charge in [0.2, 0.25) is 0 Å². The van der Waals surface area contributed by atoms with Crippen LogP contribution in [0.3, 0.4) is 0 Å². The smallest absolute Gasteiger partial charge is 0.150 e. The van der Waals surface area contributed by atoms with Crippen molar-refractivity contribution < 1.29 is 8.42 Å². The number of unbranched alkanes of at least 4 members (excludes halogenated alkanes) is 1. The second-order valence-corrected chi connectivity index (χ2v) is 6.71. The Morgan fingerprint density at radius 3 is 2.33 bits per heavy atom. The first kappa shape index (κ1) is 14.7. The van der Waals surface area contributed by atoms with Gasteiger partial charge in [0.05, 0.1) is 5.25 Å². The van der Waals surface area contributed by atoms with Gasteiger partial charge in [0.1, 0.15) is 9.84 Å². The van der Waals surface area contributed by atoms with Gasteiger partial charge in [0, 0.05) is 6.26 Å². The first-order valence-electron chi connectivity index (χ1n) is 5.73. The Balaban J connectivity index is 4.31. The number of hydrogen-bond donors (Lipinski definition) is 0. The highest BCUT2D eigenvalue weighted by molar-refractivity contribution is 7.91. The molecule has 2 nitrogen and oxygen atoms in total. The van der Waals surface area contributed by atoms with Crippen molar-refractivity contribution in [3.05, 3.63) is 12.7 Å². The first-order valence-corrected chi connectivity index (χ1v) is 7.68. The van der Waals surface area contributed by atoms with Gasteiger partial charge in [-0.2, -0.15) is 0 Å². The summed E-state index contributed by atoms with van der Waals surface area (Å²) in [5.74, 6) is 0.310. The van der Waals surface area contributed by atoms with E-state index >= 15 is 0 Å². The summed E-state index contributed by atoms with van der Waals surface area (Å²) in [5.41, 5.74) is 0. The molecule has 0 aliphatic rings. The van der Waals surface area contributed by atoms with E-state index in [4.69, 9.17) is 0 Å². The van der Waals surface area contributed by atoms with Crippen LogP contribution in [-0.2, 0) is 9.84 Å². The molecule has 0 saturated carbocycles. The quantitative estimate of drug-likeness (QED) is 0.476. The number of sulfone groups is 1. The third-order valence-electron chi connectivity index (χ3n) is 2.98. The predicted octanol–water partition coefficient (Wildman–Crippen LogP) is 3.19. The van der Waals surface area contributed by atoms with Crippen molar-refractivity contribution >= 4 is 9.84 Å². The minimum Gasteiger partial charge on any atom is -0.229 e. The lowest BCUT2D eigenvalue weighted by molar-refractivity contribution is 0.416. The van der Waals surface area contributed by atoms with Crippen LogP contribution in [0.4, 0.5) is 0 Å². The SMILES string of the molecule is C=CCCCC(CCC)C(C)S(C)(=O)=O. The molecule has 0 radical (unpaired) electrons. The third kappa shape index (κ3) is 5.98. The molecule has 2 atom stereocenters. The average molecular weight is 232 g/mol. The Kier molecular flexibility index (Phi) is 6.90. The van der Waals surface area contributed by atoms with E-state index in [1.807, 2.05) is 13.0 Å². The Morgan fingerprint density at radius 1 is 1.33 bits per heavy atom. The Labute approximate surface area is 94.7 Å². The number of rotatable bonds is 8. The maximum Gasteiger partial charge on any atom is 0.150 e. The summed E-state index contributed by atoms with van der Waals surface area (Å²) in [6.45, 7) is 7.62. The van der Waals surface area contributed by atoms with E-state index in [1.54, 1.807) is 0 Å². The molecule has 0 aromatic rings. The molecule has 15 heavy (non-hydrogen) atoms. The lowest BCUT2D eigenvalue weighted by Crippen LogP contribution is -2.26. The monoisotopic (exact) mass is 232 g/mol. The summed E-state index contributed by atoms with van der Waals surface area (Å²) in [6.07, 6.45) is 8.32.